The van der Waals surface area contributed by atoms with Gasteiger partial charge in [-0.3, -0.25) is 0 Å². The van der Waals surface area contributed by atoms with Crippen LogP contribution in [0.15, 0.2) is 12.9 Å². The van der Waals surface area contributed by atoms with Gasteiger partial charge in [-0.1, -0.05) is 29.8 Å². The molecule has 0 aliphatic heterocycles. The summed E-state index contributed by atoms with van der Waals surface area (Å²) in [5.74, 6) is 0. The number of hydrogen-bond donors (Lipinski definition) is 1. The van der Waals surface area contributed by atoms with Crippen LogP contribution in [0.25, 0.3) is 5.57 Å². The monoisotopic (exact) mass is 203 g/mol. The molecular formula is C7H7Cl2N3. The van der Waals surface area contributed by atoms with E-state index in [-0.39, 0.29) is 16.9 Å². The number of nitrogens with two attached hydrogens (primary N) is 1. The van der Waals surface area contributed by atoms with Crippen molar-refractivity contribution in [3.63, 3.8) is 0 Å². The van der Waals surface area contributed by atoms with Gasteiger partial charge in [0.1, 0.15) is 16.6 Å². The minimum absolute atomic E-state index is 0.283. The largest absolute Gasteiger partial charge is 0.326 e. The molecule has 0 aliphatic carbocycles. The summed E-state index contributed by atoms with van der Waals surface area (Å²) < 4.78 is 0. The highest BCUT2D eigenvalue weighted by Crippen LogP contribution is 2.25. The molecule has 0 spiro atoms. The molecule has 1 rings (SSSR count). The van der Waals surface area contributed by atoms with Crippen molar-refractivity contribution in [1.29, 1.82) is 0 Å². The average molecular weight is 204 g/mol. The Kier molecular flexibility index (Phi) is 3.03. The van der Waals surface area contributed by atoms with Crippen LogP contribution in [-0.2, 0) is 0 Å². The Morgan fingerprint density at radius 2 is 1.92 bits per heavy atom. The molecule has 1 heterocycles. The van der Waals surface area contributed by atoms with Crippen molar-refractivity contribution in [1.82, 2.24) is 9.97 Å². The third-order valence-electron chi connectivity index (χ3n) is 1.35. The van der Waals surface area contributed by atoms with Crippen molar-refractivity contribution in [2.45, 2.75) is 0 Å². The lowest BCUT2D eigenvalue weighted by molar-refractivity contribution is 1.14. The molecule has 1 aromatic heterocycles. The molecule has 0 amide bonds. The van der Waals surface area contributed by atoms with Gasteiger partial charge in [-0.2, -0.15) is 0 Å². The lowest BCUT2D eigenvalue weighted by Crippen LogP contribution is -2.03. The highest BCUT2D eigenvalue weighted by molar-refractivity contribution is 6.36. The maximum Gasteiger partial charge on any atom is 0.141 e. The number of halogens is 2. The second kappa shape index (κ2) is 3.85. The first-order chi connectivity index (χ1) is 5.66. The van der Waals surface area contributed by atoms with Crippen molar-refractivity contribution in [3.8, 4) is 0 Å². The van der Waals surface area contributed by atoms with E-state index in [1.165, 1.54) is 6.33 Å². The fourth-order valence-electron chi connectivity index (χ4n) is 0.738. The highest BCUT2D eigenvalue weighted by atomic mass is 35.5. The fourth-order valence-corrected chi connectivity index (χ4v) is 1.32. The van der Waals surface area contributed by atoms with Gasteiger partial charge in [0.2, 0.25) is 0 Å². The summed E-state index contributed by atoms with van der Waals surface area (Å²) in [5.41, 5.74) is 6.53. The second-order valence-electron chi connectivity index (χ2n) is 2.14. The van der Waals surface area contributed by atoms with E-state index in [0.717, 1.165) is 0 Å². The summed E-state index contributed by atoms with van der Waals surface area (Å²) in [4.78, 5) is 7.52. The first kappa shape index (κ1) is 9.45. The first-order valence-electron chi connectivity index (χ1n) is 3.21. The van der Waals surface area contributed by atoms with Crippen LogP contribution in [0.5, 0.6) is 0 Å². The van der Waals surface area contributed by atoms with Crippen LogP contribution in [0.1, 0.15) is 5.56 Å². The predicted molar refractivity (Wildman–Crippen MR) is 50.1 cm³/mol. The molecule has 0 aromatic carbocycles. The van der Waals surface area contributed by atoms with Crippen LogP contribution in [0.2, 0.25) is 10.3 Å². The fraction of sp³-hybridized carbons (Fsp3) is 0.143. The van der Waals surface area contributed by atoms with E-state index in [4.69, 9.17) is 28.9 Å². The minimum atomic E-state index is 0.283. The molecule has 0 aliphatic rings. The van der Waals surface area contributed by atoms with Crippen LogP contribution in [0, 0.1) is 0 Å². The number of rotatable bonds is 2. The summed E-state index contributed by atoms with van der Waals surface area (Å²) in [6.45, 7) is 3.98. The summed E-state index contributed by atoms with van der Waals surface area (Å²) in [5, 5.41) is 0.566. The molecule has 0 bridgehead atoms. The van der Waals surface area contributed by atoms with E-state index < -0.39 is 0 Å². The summed E-state index contributed by atoms with van der Waals surface area (Å²) in [6.07, 6.45) is 1.29. The standard InChI is InChI=1S/C7H7Cl2N3/c1-4(2-10)5-6(8)11-3-12-7(5)9/h3H,1-2,10H2. The first-order valence-corrected chi connectivity index (χ1v) is 3.96. The Hall–Kier alpha value is -0.640. The number of hydrogen-bond acceptors (Lipinski definition) is 3. The lowest BCUT2D eigenvalue weighted by Gasteiger charge is -2.04. The zero-order chi connectivity index (χ0) is 9.14. The molecule has 0 fully saturated rings. The van der Waals surface area contributed by atoms with Gasteiger partial charge in [0.25, 0.3) is 0 Å². The van der Waals surface area contributed by atoms with E-state index in [1.54, 1.807) is 0 Å². The Morgan fingerprint density at radius 3 is 2.33 bits per heavy atom. The molecule has 0 saturated carbocycles. The van der Waals surface area contributed by atoms with E-state index in [0.29, 0.717) is 11.1 Å². The van der Waals surface area contributed by atoms with Crippen LogP contribution >= 0.6 is 23.2 Å². The predicted octanol–water partition coefficient (Wildman–Crippen LogP) is 1.76. The molecule has 0 unspecified atom stereocenters. The second-order valence-corrected chi connectivity index (χ2v) is 2.85. The van der Waals surface area contributed by atoms with Crippen LogP contribution < -0.4 is 5.73 Å². The Morgan fingerprint density at radius 1 is 1.42 bits per heavy atom. The van der Waals surface area contributed by atoms with Gasteiger partial charge in [-0.25, -0.2) is 9.97 Å². The lowest BCUT2D eigenvalue weighted by atomic mass is 10.2. The molecule has 0 radical (unpaired) electrons. The Bertz CT molecular complexity index is 291. The molecular weight excluding hydrogens is 197 g/mol. The van der Waals surface area contributed by atoms with Crippen LogP contribution in [-0.4, -0.2) is 16.5 Å². The van der Waals surface area contributed by atoms with E-state index in [9.17, 15) is 0 Å². The SMILES string of the molecule is C=C(CN)c1c(Cl)ncnc1Cl. The van der Waals surface area contributed by atoms with Crippen molar-refractivity contribution >= 4 is 28.8 Å². The third-order valence-corrected chi connectivity index (χ3v) is 1.93. The number of nitrogens with zero attached hydrogens (tertiary/aromatic N) is 2. The summed E-state index contributed by atoms with van der Waals surface area (Å²) in [7, 11) is 0. The molecule has 2 N–H and O–H groups in total. The minimum Gasteiger partial charge on any atom is -0.326 e. The van der Waals surface area contributed by atoms with Gasteiger partial charge in [-0.15, -0.1) is 0 Å². The van der Waals surface area contributed by atoms with Crippen molar-refractivity contribution in [2.24, 2.45) is 5.73 Å². The summed E-state index contributed by atoms with van der Waals surface area (Å²) in [6, 6.07) is 0. The normalized spacial score (nSPS) is 9.92. The van der Waals surface area contributed by atoms with E-state index >= 15 is 0 Å². The van der Waals surface area contributed by atoms with Gasteiger partial charge in [0.15, 0.2) is 0 Å². The van der Waals surface area contributed by atoms with Crippen molar-refractivity contribution in [3.05, 3.63) is 28.8 Å². The molecule has 12 heavy (non-hydrogen) atoms. The van der Waals surface area contributed by atoms with Crippen molar-refractivity contribution in [2.75, 3.05) is 6.54 Å². The molecule has 5 heteroatoms. The topological polar surface area (TPSA) is 51.8 Å². The zero-order valence-electron chi connectivity index (χ0n) is 6.22. The average Bonchev–Trinajstić information content (AvgIpc) is 2.03. The molecule has 3 nitrogen and oxygen atoms in total. The maximum atomic E-state index is 5.75. The van der Waals surface area contributed by atoms with Gasteiger partial charge in [-0.05, 0) is 5.57 Å². The van der Waals surface area contributed by atoms with Gasteiger partial charge < -0.3 is 5.73 Å². The maximum absolute atomic E-state index is 5.75. The smallest absolute Gasteiger partial charge is 0.141 e. The van der Waals surface area contributed by atoms with Gasteiger partial charge in [0, 0.05) is 6.54 Å². The van der Waals surface area contributed by atoms with Crippen LogP contribution in [0.3, 0.4) is 0 Å². The third kappa shape index (κ3) is 1.75. The van der Waals surface area contributed by atoms with Crippen LogP contribution in [0.4, 0.5) is 0 Å². The summed E-state index contributed by atoms with van der Waals surface area (Å²) >= 11 is 11.5. The van der Waals surface area contributed by atoms with E-state index in [1.807, 2.05) is 0 Å². The van der Waals surface area contributed by atoms with Gasteiger partial charge >= 0.3 is 0 Å². The molecule has 0 saturated heterocycles. The molecule has 1 aromatic rings. The molecule has 64 valence electrons. The van der Waals surface area contributed by atoms with E-state index in [2.05, 4.69) is 16.5 Å². The quantitative estimate of drug-likeness (QED) is 0.746. The number of aromatic nitrogens is 2. The van der Waals surface area contributed by atoms with Gasteiger partial charge in [0.05, 0.1) is 5.56 Å². The zero-order valence-corrected chi connectivity index (χ0v) is 7.73. The Balaban J connectivity index is 3.21. The Labute approximate surface area is 80.2 Å². The van der Waals surface area contributed by atoms with Crippen molar-refractivity contribution < 1.29 is 0 Å². The highest BCUT2D eigenvalue weighted by Gasteiger charge is 2.09. The molecule has 0 atom stereocenters.